The highest BCUT2D eigenvalue weighted by atomic mass is 16.7. The maximum atomic E-state index is 5.69. The van der Waals surface area contributed by atoms with Crippen LogP contribution in [0.15, 0.2) is 79.0 Å². The van der Waals surface area contributed by atoms with Crippen LogP contribution < -0.4 is 19.7 Å². The largest absolute Gasteiger partial charge is 0.497 e. The Hall–Kier alpha value is -4.73. The fraction of sp³-hybridized carbons (Fsp3) is 0.192. The van der Waals surface area contributed by atoms with Crippen molar-refractivity contribution in [3.05, 3.63) is 84.6 Å². The van der Waals surface area contributed by atoms with E-state index in [1.54, 1.807) is 31.4 Å². The van der Waals surface area contributed by atoms with Crippen LogP contribution in [-0.4, -0.2) is 40.8 Å². The van der Waals surface area contributed by atoms with Gasteiger partial charge in [0.25, 0.3) is 0 Å². The maximum Gasteiger partial charge on any atom is 0.235 e. The Kier molecular flexibility index (Phi) is 6.57. The van der Waals surface area contributed by atoms with E-state index in [0.29, 0.717) is 41.5 Å². The minimum atomic E-state index is 0.159. The van der Waals surface area contributed by atoms with Gasteiger partial charge >= 0.3 is 0 Å². The lowest BCUT2D eigenvalue weighted by Crippen LogP contribution is -2.25. The number of benzene rings is 2. The molecular weight excluding hydrogens is 460 g/mol. The number of hydrogen-bond donors (Lipinski definition) is 1. The first kappa shape index (κ1) is 23.0. The molecule has 0 atom stereocenters. The monoisotopic (exact) mass is 486 g/mol. The number of methoxy groups -OCH3 is 2. The fourth-order valence-electron chi connectivity index (χ4n) is 3.82. The van der Waals surface area contributed by atoms with E-state index in [4.69, 9.17) is 29.0 Å². The molecule has 3 heterocycles. The molecule has 10 heteroatoms. The Morgan fingerprint density at radius 1 is 1.03 bits per heavy atom. The third-order valence-corrected chi connectivity index (χ3v) is 5.55. The molecule has 0 saturated heterocycles. The second-order valence-corrected chi connectivity index (χ2v) is 7.94. The average Bonchev–Trinajstić information content (AvgIpc) is 3.58. The Morgan fingerprint density at radius 2 is 1.81 bits per heavy atom. The molecule has 1 N–H and O–H groups in total. The molecule has 2 aromatic carbocycles. The van der Waals surface area contributed by atoms with Gasteiger partial charge in [-0.25, -0.2) is 9.67 Å². The number of rotatable bonds is 9. The summed E-state index contributed by atoms with van der Waals surface area (Å²) in [5, 5.41) is 8.04. The van der Waals surface area contributed by atoms with Gasteiger partial charge in [0, 0.05) is 37.1 Å². The van der Waals surface area contributed by atoms with E-state index in [9.17, 15) is 0 Å². The van der Waals surface area contributed by atoms with Crippen molar-refractivity contribution in [2.75, 3.05) is 31.2 Å². The first-order valence-electron chi connectivity index (χ1n) is 11.3. The molecule has 0 fully saturated rings. The molecule has 184 valence electrons. The number of nitrogens with zero attached hydrogens (tertiary/aromatic N) is 5. The number of aryl methyl sites for hydroxylation is 1. The van der Waals surface area contributed by atoms with Crippen LogP contribution in [0.3, 0.4) is 0 Å². The fourth-order valence-corrected chi connectivity index (χ4v) is 3.82. The molecule has 0 saturated carbocycles. The molecule has 0 aliphatic carbocycles. The summed E-state index contributed by atoms with van der Waals surface area (Å²) < 4.78 is 23.5. The number of aromatic nitrogens is 4. The molecule has 36 heavy (non-hydrogen) atoms. The van der Waals surface area contributed by atoms with Gasteiger partial charge < -0.3 is 24.3 Å². The number of ether oxygens (including phenoxy) is 4. The van der Waals surface area contributed by atoms with Gasteiger partial charge in [0.05, 0.1) is 26.3 Å². The van der Waals surface area contributed by atoms with Gasteiger partial charge in [-0.2, -0.15) is 4.98 Å². The molecule has 0 spiro atoms. The van der Waals surface area contributed by atoms with Gasteiger partial charge in [-0.3, -0.25) is 4.90 Å². The lowest BCUT2D eigenvalue weighted by molar-refractivity contribution is 0.0779. The first-order valence-corrected chi connectivity index (χ1v) is 11.3. The summed E-state index contributed by atoms with van der Waals surface area (Å²) in [7, 11) is 5.07. The van der Waals surface area contributed by atoms with Crippen LogP contribution >= 0.6 is 0 Å². The standard InChI is InChI=1S/C26H26N6O4/c1-31-26(32(23-16-35-17-36-23)15-18-8-5-4-6-9-18)29-25(30-31)22-10-7-11-27-24(22)28-19-12-20(33-2)14-21(13-19)34-3/h4-14,16H,15,17H2,1-3H3,(H,27,28). The topological polar surface area (TPSA) is 95.8 Å². The third kappa shape index (κ3) is 4.88. The van der Waals surface area contributed by atoms with E-state index in [1.165, 1.54) is 0 Å². The summed E-state index contributed by atoms with van der Waals surface area (Å²) in [6, 6.07) is 19.4. The molecule has 0 bridgehead atoms. The summed E-state index contributed by atoms with van der Waals surface area (Å²) >= 11 is 0. The van der Waals surface area contributed by atoms with Crippen LogP contribution in [-0.2, 0) is 23.1 Å². The normalized spacial score (nSPS) is 12.4. The van der Waals surface area contributed by atoms with Crippen LogP contribution in [0.2, 0.25) is 0 Å². The predicted octanol–water partition coefficient (Wildman–Crippen LogP) is 4.45. The number of anilines is 3. The zero-order valence-corrected chi connectivity index (χ0v) is 20.2. The van der Waals surface area contributed by atoms with Crippen LogP contribution in [0, 0.1) is 0 Å². The molecule has 4 aromatic rings. The highest BCUT2D eigenvalue weighted by Crippen LogP contribution is 2.32. The molecule has 1 aliphatic rings. The quantitative estimate of drug-likeness (QED) is 0.368. The van der Waals surface area contributed by atoms with Gasteiger partial charge in [0.1, 0.15) is 23.6 Å². The molecule has 0 unspecified atom stereocenters. The minimum Gasteiger partial charge on any atom is -0.497 e. The van der Waals surface area contributed by atoms with E-state index in [2.05, 4.69) is 10.3 Å². The van der Waals surface area contributed by atoms with Crippen molar-refractivity contribution in [3.8, 4) is 22.9 Å². The molecule has 10 nitrogen and oxygen atoms in total. The van der Waals surface area contributed by atoms with Gasteiger partial charge in [0.15, 0.2) is 5.82 Å². The molecule has 0 radical (unpaired) electrons. The van der Waals surface area contributed by atoms with Crippen LogP contribution in [0.1, 0.15) is 5.56 Å². The number of hydrogen-bond acceptors (Lipinski definition) is 9. The molecule has 5 rings (SSSR count). The zero-order valence-electron chi connectivity index (χ0n) is 20.2. The average molecular weight is 487 g/mol. The van der Waals surface area contributed by atoms with E-state index < -0.39 is 0 Å². The Balaban J connectivity index is 1.49. The van der Waals surface area contributed by atoms with E-state index in [1.807, 2.05) is 72.6 Å². The van der Waals surface area contributed by atoms with Gasteiger partial charge in [-0.05, 0) is 17.7 Å². The highest BCUT2D eigenvalue weighted by molar-refractivity contribution is 5.75. The minimum absolute atomic E-state index is 0.159. The lowest BCUT2D eigenvalue weighted by atomic mass is 10.2. The van der Waals surface area contributed by atoms with Crippen molar-refractivity contribution in [1.29, 1.82) is 0 Å². The lowest BCUT2D eigenvalue weighted by Gasteiger charge is -2.22. The van der Waals surface area contributed by atoms with Crippen molar-refractivity contribution in [2.45, 2.75) is 6.54 Å². The van der Waals surface area contributed by atoms with Crippen molar-refractivity contribution >= 4 is 17.5 Å². The van der Waals surface area contributed by atoms with Crippen molar-refractivity contribution < 1.29 is 18.9 Å². The van der Waals surface area contributed by atoms with E-state index in [0.717, 1.165) is 16.8 Å². The van der Waals surface area contributed by atoms with E-state index >= 15 is 0 Å². The second-order valence-electron chi connectivity index (χ2n) is 7.94. The smallest absolute Gasteiger partial charge is 0.235 e. The van der Waals surface area contributed by atoms with Crippen LogP contribution in [0.25, 0.3) is 11.4 Å². The maximum absolute atomic E-state index is 5.69. The molecule has 1 aliphatic heterocycles. The van der Waals surface area contributed by atoms with Gasteiger partial charge in [0.2, 0.25) is 18.6 Å². The Labute approximate surface area is 208 Å². The summed E-state index contributed by atoms with van der Waals surface area (Å²) in [6.45, 7) is 0.690. The van der Waals surface area contributed by atoms with Crippen molar-refractivity contribution in [2.24, 2.45) is 7.05 Å². The van der Waals surface area contributed by atoms with Crippen molar-refractivity contribution in [3.63, 3.8) is 0 Å². The Morgan fingerprint density at radius 3 is 2.50 bits per heavy atom. The van der Waals surface area contributed by atoms with Gasteiger partial charge in [-0.1, -0.05) is 30.3 Å². The second kappa shape index (κ2) is 10.3. The van der Waals surface area contributed by atoms with Gasteiger partial charge in [-0.15, -0.1) is 5.10 Å². The Bertz CT molecular complexity index is 1350. The molecule has 2 aromatic heterocycles. The van der Waals surface area contributed by atoms with Crippen LogP contribution in [0.4, 0.5) is 17.5 Å². The number of nitrogens with one attached hydrogen (secondary N) is 1. The summed E-state index contributed by atoms with van der Waals surface area (Å²) in [5.74, 6) is 3.60. The van der Waals surface area contributed by atoms with Crippen LogP contribution in [0.5, 0.6) is 11.5 Å². The summed E-state index contributed by atoms with van der Waals surface area (Å²) in [6.07, 6.45) is 3.30. The summed E-state index contributed by atoms with van der Waals surface area (Å²) in [5.41, 5.74) is 2.59. The third-order valence-electron chi connectivity index (χ3n) is 5.55. The zero-order chi connectivity index (χ0) is 24.9. The molecular formula is C26H26N6O4. The van der Waals surface area contributed by atoms with E-state index in [-0.39, 0.29) is 6.79 Å². The summed E-state index contributed by atoms with van der Waals surface area (Å²) in [4.78, 5) is 11.3. The highest BCUT2D eigenvalue weighted by Gasteiger charge is 2.25. The van der Waals surface area contributed by atoms with Crippen molar-refractivity contribution in [1.82, 2.24) is 19.7 Å². The number of pyridine rings is 1. The predicted molar refractivity (Wildman–Crippen MR) is 135 cm³/mol. The molecule has 0 amide bonds. The first-order chi connectivity index (χ1) is 17.6. The SMILES string of the molecule is COc1cc(Nc2ncccc2-c2nc(N(Cc3ccccc3)C3=COCO3)n(C)n2)cc(OC)c1.